The van der Waals surface area contributed by atoms with E-state index in [0.29, 0.717) is 16.8 Å². The highest BCUT2D eigenvalue weighted by molar-refractivity contribution is 9.10. The fraction of sp³-hybridized carbons (Fsp3) is 0.200. The molecule has 18 heavy (non-hydrogen) atoms. The van der Waals surface area contributed by atoms with Gasteiger partial charge >= 0.3 is 0 Å². The van der Waals surface area contributed by atoms with Crippen LogP contribution >= 0.6 is 15.9 Å². The normalized spacial score (nSPS) is 10.4. The van der Waals surface area contributed by atoms with Gasteiger partial charge in [0.05, 0.1) is 4.47 Å². The van der Waals surface area contributed by atoms with Crippen molar-refractivity contribution < 1.29 is 9.13 Å². The summed E-state index contributed by atoms with van der Waals surface area (Å²) in [6.45, 7) is 4.59. The van der Waals surface area contributed by atoms with E-state index in [2.05, 4.69) is 41.9 Å². The molecule has 2 rings (SSSR count). The predicted molar refractivity (Wildman–Crippen MR) is 74.3 cm³/mol. The van der Waals surface area contributed by atoms with E-state index < -0.39 is 0 Å². The molecule has 0 radical (unpaired) electrons. The lowest BCUT2D eigenvalue weighted by molar-refractivity contribution is 0.304. The first-order valence-electron chi connectivity index (χ1n) is 5.70. The zero-order valence-electron chi connectivity index (χ0n) is 10.3. The number of hydrogen-bond acceptors (Lipinski definition) is 1. The second-order valence-corrected chi connectivity index (χ2v) is 5.14. The van der Waals surface area contributed by atoms with Crippen molar-refractivity contribution in [2.75, 3.05) is 0 Å². The van der Waals surface area contributed by atoms with Gasteiger partial charge in [-0.2, -0.15) is 0 Å². The summed E-state index contributed by atoms with van der Waals surface area (Å²) in [5.74, 6) is 0.224. The third kappa shape index (κ3) is 3.10. The van der Waals surface area contributed by atoms with Crippen LogP contribution in [0, 0.1) is 19.7 Å². The van der Waals surface area contributed by atoms with Gasteiger partial charge < -0.3 is 4.74 Å². The van der Waals surface area contributed by atoms with E-state index in [4.69, 9.17) is 4.74 Å². The van der Waals surface area contributed by atoms with Crippen LogP contribution in [0.4, 0.5) is 4.39 Å². The van der Waals surface area contributed by atoms with E-state index in [9.17, 15) is 4.39 Å². The first-order valence-corrected chi connectivity index (χ1v) is 6.49. The molecule has 0 aliphatic carbocycles. The Morgan fingerprint density at radius 1 is 1.06 bits per heavy atom. The smallest absolute Gasteiger partial charge is 0.141 e. The summed E-state index contributed by atoms with van der Waals surface area (Å²) in [6.07, 6.45) is 0. The monoisotopic (exact) mass is 308 g/mol. The van der Waals surface area contributed by atoms with E-state index in [1.807, 2.05) is 6.07 Å². The van der Waals surface area contributed by atoms with Crippen LogP contribution < -0.4 is 4.74 Å². The first kappa shape index (κ1) is 13.1. The Hall–Kier alpha value is -1.35. The predicted octanol–water partition coefficient (Wildman–Crippen LogP) is 4.78. The van der Waals surface area contributed by atoms with Crippen LogP contribution in [0.15, 0.2) is 40.9 Å². The van der Waals surface area contributed by atoms with Crippen molar-refractivity contribution in [2.45, 2.75) is 20.5 Å². The van der Waals surface area contributed by atoms with Gasteiger partial charge in [-0.25, -0.2) is 4.39 Å². The van der Waals surface area contributed by atoms with Crippen LogP contribution in [0.25, 0.3) is 0 Å². The molecule has 0 heterocycles. The van der Waals surface area contributed by atoms with Crippen molar-refractivity contribution in [1.82, 2.24) is 0 Å². The van der Waals surface area contributed by atoms with Gasteiger partial charge in [-0.1, -0.05) is 18.2 Å². The minimum Gasteiger partial charge on any atom is -0.489 e. The van der Waals surface area contributed by atoms with Gasteiger partial charge in [0, 0.05) is 6.07 Å². The number of hydrogen-bond donors (Lipinski definition) is 0. The Kier molecular flexibility index (Phi) is 4.02. The van der Waals surface area contributed by atoms with Crippen LogP contribution in [0.3, 0.4) is 0 Å². The molecule has 0 saturated heterocycles. The topological polar surface area (TPSA) is 9.23 Å². The van der Waals surface area contributed by atoms with Crippen LogP contribution in [0.2, 0.25) is 0 Å². The highest BCUT2D eigenvalue weighted by Gasteiger charge is 2.02. The van der Waals surface area contributed by atoms with Gasteiger partial charge in [0.15, 0.2) is 0 Å². The van der Waals surface area contributed by atoms with Crippen molar-refractivity contribution in [3.05, 3.63) is 63.4 Å². The maximum absolute atomic E-state index is 13.3. The molecule has 0 fully saturated rings. The highest BCUT2D eigenvalue weighted by Crippen LogP contribution is 2.22. The number of benzene rings is 2. The maximum Gasteiger partial charge on any atom is 0.141 e. The lowest BCUT2D eigenvalue weighted by Gasteiger charge is -2.08. The molecule has 0 saturated carbocycles. The van der Waals surface area contributed by atoms with Gasteiger partial charge in [-0.3, -0.25) is 0 Å². The lowest BCUT2D eigenvalue weighted by Crippen LogP contribution is -1.97. The molecular formula is C15H14BrFO. The van der Waals surface area contributed by atoms with Crippen LogP contribution in [0.5, 0.6) is 5.75 Å². The molecule has 0 aromatic heterocycles. The highest BCUT2D eigenvalue weighted by atomic mass is 79.9. The van der Waals surface area contributed by atoms with E-state index in [1.54, 1.807) is 12.1 Å². The van der Waals surface area contributed by atoms with Crippen LogP contribution in [0.1, 0.15) is 16.7 Å². The van der Waals surface area contributed by atoms with E-state index in [0.717, 1.165) is 5.56 Å². The molecule has 94 valence electrons. The SMILES string of the molecule is Cc1ccc(COc2ccc(Br)c(F)c2)cc1C. The number of rotatable bonds is 3. The van der Waals surface area contributed by atoms with Crippen molar-refractivity contribution in [2.24, 2.45) is 0 Å². The molecular weight excluding hydrogens is 295 g/mol. The van der Waals surface area contributed by atoms with E-state index in [-0.39, 0.29) is 5.82 Å². The molecule has 3 heteroatoms. The first-order chi connectivity index (χ1) is 8.56. The van der Waals surface area contributed by atoms with E-state index >= 15 is 0 Å². The lowest BCUT2D eigenvalue weighted by atomic mass is 10.1. The zero-order valence-corrected chi connectivity index (χ0v) is 11.9. The third-order valence-electron chi connectivity index (χ3n) is 2.87. The molecule has 0 atom stereocenters. The second kappa shape index (κ2) is 5.53. The molecule has 0 spiro atoms. The van der Waals surface area contributed by atoms with Gasteiger partial charge in [0.25, 0.3) is 0 Å². The summed E-state index contributed by atoms with van der Waals surface area (Å²) >= 11 is 3.11. The minimum absolute atomic E-state index is 0.312. The van der Waals surface area contributed by atoms with Crippen molar-refractivity contribution in [3.63, 3.8) is 0 Å². The molecule has 0 amide bonds. The number of halogens is 2. The van der Waals surface area contributed by atoms with Crippen LogP contribution in [-0.2, 0) is 6.61 Å². The number of ether oxygens (including phenoxy) is 1. The van der Waals surface area contributed by atoms with Gasteiger partial charge in [0.2, 0.25) is 0 Å². The Balaban J connectivity index is 2.06. The molecule has 0 N–H and O–H groups in total. The summed E-state index contributed by atoms with van der Waals surface area (Å²) < 4.78 is 19.3. The Morgan fingerprint density at radius 3 is 2.50 bits per heavy atom. The fourth-order valence-corrected chi connectivity index (χ4v) is 1.87. The van der Waals surface area contributed by atoms with Crippen molar-refractivity contribution in [3.8, 4) is 5.75 Å². The quantitative estimate of drug-likeness (QED) is 0.792. The van der Waals surface area contributed by atoms with Gasteiger partial charge in [-0.05, 0) is 58.6 Å². The average molecular weight is 309 g/mol. The zero-order chi connectivity index (χ0) is 13.1. The molecule has 0 aliphatic heterocycles. The molecule has 1 nitrogen and oxygen atoms in total. The van der Waals surface area contributed by atoms with Crippen LogP contribution in [-0.4, -0.2) is 0 Å². The van der Waals surface area contributed by atoms with E-state index in [1.165, 1.54) is 17.2 Å². The Labute approximate surface area is 115 Å². The molecule has 2 aromatic rings. The summed E-state index contributed by atoms with van der Waals surface area (Å²) in [6, 6.07) is 10.9. The third-order valence-corrected chi connectivity index (χ3v) is 3.51. The molecule has 0 aliphatic rings. The Bertz CT molecular complexity index is 515. The largest absolute Gasteiger partial charge is 0.489 e. The molecule has 0 bridgehead atoms. The maximum atomic E-state index is 13.3. The molecule has 2 aromatic carbocycles. The fourth-order valence-electron chi connectivity index (χ4n) is 1.63. The van der Waals surface area contributed by atoms with Crippen molar-refractivity contribution >= 4 is 15.9 Å². The standard InChI is InChI=1S/C15H14BrFO/c1-10-3-4-12(7-11(10)2)9-18-13-5-6-14(16)15(17)8-13/h3-8H,9H2,1-2H3. The van der Waals surface area contributed by atoms with Gasteiger partial charge in [-0.15, -0.1) is 0 Å². The summed E-state index contributed by atoms with van der Waals surface area (Å²) in [5.41, 5.74) is 3.58. The van der Waals surface area contributed by atoms with Gasteiger partial charge in [0.1, 0.15) is 18.2 Å². The summed E-state index contributed by atoms with van der Waals surface area (Å²) in [7, 11) is 0. The average Bonchev–Trinajstić information content (AvgIpc) is 2.35. The number of aryl methyl sites for hydroxylation is 2. The summed E-state index contributed by atoms with van der Waals surface area (Å²) in [4.78, 5) is 0. The van der Waals surface area contributed by atoms with Crippen molar-refractivity contribution in [1.29, 1.82) is 0 Å². The summed E-state index contributed by atoms with van der Waals surface area (Å²) in [5, 5.41) is 0. The second-order valence-electron chi connectivity index (χ2n) is 4.28. The Morgan fingerprint density at radius 2 is 1.83 bits per heavy atom. The minimum atomic E-state index is -0.312. The molecule has 0 unspecified atom stereocenters.